The van der Waals surface area contributed by atoms with E-state index in [0.29, 0.717) is 35.4 Å². The van der Waals surface area contributed by atoms with Crippen molar-refractivity contribution in [1.29, 1.82) is 0 Å². The van der Waals surface area contributed by atoms with E-state index >= 15 is 0 Å². The number of imide groups is 1. The smallest absolute Gasteiger partial charge is 0.322 e. The monoisotopic (exact) mass is 492 g/mol. The molecule has 0 spiro atoms. The summed E-state index contributed by atoms with van der Waals surface area (Å²) in [6.45, 7) is 3.68. The summed E-state index contributed by atoms with van der Waals surface area (Å²) < 4.78 is 0. The van der Waals surface area contributed by atoms with Gasteiger partial charge in [-0.15, -0.1) is 0 Å². The topological polar surface area (TPSA) is 108 Å². The number of aromatic nitrogens is 2. The molecule has 0 radical (unpaired) electrons. The largest absolute Gasteiger partial charge is 0.365 e. The molecule has 9 nitrogen and oxygen atoms in total. The number of nitrogens with one attached hydrogen (secondary N) is 2. The van der Waals surface area contributed by atoms with Gasteiger partial charge in [-0.25, -0.2) is 4.79 Å². The van der Waals surface area contributed by atoms with E-state index in [1.807, 2.05) is 19.1 Å². The highest BCUT2D eigenvalue weighted by atomic mass is 35.5. The fourth-order valence-corrected chi connectivity index (χ4v) is 4.74. The average molecular weight is 493 g/mol. The molecule has 0 aliphatic carbocycles. The number of benzene rings is 1. The minimum absolute atomic E-state index is 0. The highest BCUT2D eigenvalue weighted by molar-refractivity contribution is 6.35. The molecule has 176 valence electrons. The van der Waals surface area contributed by atoms with Crippen LogP contribution < -0.4 is 15.5 Å². The van der Waals surface area contributed by atoms with Crippen molar-refractivity contribution in [2.45, 2.75) is 38.8 Å². The van der Waals surface area contributed by atoms with Gasteiger partial charge in [-0.05, 0) is 31.5 Å². The summed E-state index contributed by atoms with van der Waals surface area (Å²) in [5, 5.41) is 5.99. The fraction of sp³-hybridized carbons (Fsp3) is 0.409. The summed E-state index contributed by atoms with van der Waals surface area (Å²) in [6.07, 6.45) is 4.50. The molecule has 3 heterocycles. The van der Waals surface area contributed by atoms with Crippen molar-refractivity contribution >= 4 is 46.7 Å². The zero-order valence-corrected chi connectivity index (χ0v) is 18.9. The van der Waals surface area contributed by atoms with Crippen molar-refractivity contribution < 1.29 is 14.4 Å². The second-order valence-corrected chi connectivity index (χ2v) is 8.79. The molecule has 2 N–H and O–H groups in total. The van der Waals surface area contributed by atoms with Gasteiger partial charge in [-0.1, -0.05) is 30.6 Å². The minimum atomic E-state index is -1.41. The van der Waals surface area contributed by atoms with Gasteiger partial charge in [0.15, 0.2) is 5.54 Å². The Morgan fingerprint density at radius 1 is 1.18 bits per heavy atom. The van der Waals surface area contributed by atoms with Crippen LogP contribution in [0.5, 0.6) is 0 Å². The van der Waals surface area contributed by atoms with Gasteiger partial charge in [0, 0.05) is 60.2 Å². The summed E-state index contributed by atoms with van der Waals surface area (Å²) in [6, 6.07) is 4.82. The first-order valence-corrected chi connectivity index (χ1v) is 10.9. The van der Waals surface area contributed by atoms with E-state index in [9.17, 15) is 14.4 Å². The maximum atomic E-state index is 13.0. The predicted molar refractivity (Wildman–Crippen MR) is 126 cm³/mol. The number of urea groups is 1. The Bertz CT molecular complexity index is 1030. The van der Waals surface area contributed by atoms with Crippen LogP contribution in [-0.4, -0.2) is 58.4 Å². The molecule has 33 heavy (non-hydrogen) atoms. The van der Waals surface area contributed by atoms with Crippen molar-refractivity contribution in [3.63, 3.8) is 0 Å². The Morgan fingerprint density at radius 3 is 2.48 bits per heavy atom. The van der Waals surface area contributed by atoms with Crippen molar-refractivity contribution in [1.82, 2.24) is 25.5 Å². The van der Waals surface area contributed by atoms with E-state index in [4.69, 9.17) is 23.2 Å². The van der Waals surface area contributed by atoms with Crippen LogP contribution in [0.2, 0.25) is 10.0 Å². The first-order chi connectivity index (χ1) is 15.3. The second kappa shape index (κ2) is 9.93. The first-order valence-electron chi connectivity index (χ1n) is 10.2. The van der Waals surface area contributed by atoms with Crippen LogP contribution >= 0.6 is 23.2 Å². The van der Waals surface area contributed by atoms with Gasteiger partial charge in [0.1, 0.15) is 0 Å². The number of nitrogens with zero attached hydrogens (tertiary/aromatic N) is 4. The van der Waals surface area contributed by atoms with Crippen LogP contribution in [0.25, 0.3) is 0 Å². The van der Waals surface area contributed by atoms with Crippen molar-refractivity contribution in [3.8, 4) is 0 Å². The van der Waals surface area contributed by atoms with Gasteiger partial charge in [-0.2, -0.15) is 0 Å². The van der Waals surface area contributed by atoms with Gasteiger partial charge in [0.05, 0.1) is 11.9 Å². The summed E-state index contributed by atoms with van der Waals surface area (Å²) in [5.41, 5.74) is -0.201. The molecule has 2 aromatic rings. The van der Waals surface area contributed by atoms with Crippen LogP contribution in [0.4, 0.5) is 10.5 Å². The Kier molecular flexibility index (Phi) is 7.44. The molecule has 0 bridgehead atoms. The molecule has 2 aliphatic rings. The molecular weight excluding hydrogens is 467 g/mol. The van der Waals surface area contributed by atoms with Crippen LogP contribution in [0.1, 0.15) is 32.9 Å². The van der Waals surface area contributed by atoms with Gasteiger partial charge < -0.3 is 15.1 Å². The van der Waals surface area contributed by atoms with Crippen LogP contribution in [0.15, 0.2) is 36.8 Å². The van der Waals surface area contributed by atoms with Crippen LogP contribution in [0, 0.1) is 0 Å². The normalized spacial score (nSPS) is 22.5. The lowest BCUT2D eigenvalue weighted by Gasteiger charge is -2.41. The van der Waals surface area contributed by atoms with E-state index < -0.39 is 17.5 Å². The third-order valence-corrected chi connectivity index (χ3v) is 6.25. The number of hydrogen-bond donors (Lipinski definition) is 2. The van der Waals surface area contributed by atoms with E-state index in [1.54, 1.807) is 11.0 Å². The maximum absolute atomic E-state index is 13.0. The fourth-order valence-electron chi connectivity index (χ4n) is 4.22. The number of hydrogen-bond acceptors (Lipinski definition) is 6. The van der Waals surface area contributed by atoms with Crippen LogP contribution in [-0.2, 0) is 15.1 Å². The Labute approximate surface area is 202 Å². The molecule has 11 heteroatoms. The minimum Gasteiger partial charge on any atom is -0.365 e. The molecule has 1 aromatic carbocycles. The molecule has 2 saturated heterocycles. The van der Waals surface area contributed by atoms with Gasteiger partial charge in [0.25, 0.3) is 5.91 Å². The summed E-state index contributed by atoms with van der Waals surface area (Å²) in [4.78, 5) is 49.5. The lowest BCUT2D eigenvalue weighted by Crippen LogP contribution is -2.54. The molecule has 2 aliphatic heterocycles. The van der Waals surface area contributed by atoms with Crippen molar-refractivity contribution in [2.75, 3.05) is 24.5 Å². The SMILES string of the molecule is C.C[C@H]1CN(C(=O)CCC2(c3cnccn3)NC(=O)NC2=O)CCN1c1cc(Cl)cc(Cl)c1. The molecule has 1 unspecified atom stereocenters. The highest BCUT2D eigenvalue weighted by Crippen LogP contribution is 2.30. The third kappa shape index (κ3) is 5.04. The quantitative estimate of drug-likeness (QED) is 0.621. The van der Waals surface area contributed by atoms with E-state index in [0.717, 1.165) is 5.69 Å². The van der Waals surface area contributed by atoms with Crippen LogP contribution in [0.3, 0.4) is 0 Å². The lowest BCUT2D eigenvalue weighted by atomic mass is 9.89. The zero-order valence-electron chi connectivity index (χ0n) is 17.3. The van der Waals surface area contributed by atoms with E-state index in [-0.39, 0.29) is 32.2 Å². The highest BCUT2D eigenvalue weighted by Gasteiger charge is 2.49. The van der Waals surface area contributed by atoms with E-state index in [2.05, 4.69) is 25.5 Å². The number of halogens is 2. The van der Waals surface area contributed by atoms with Gasteiger partial charge in [0.2, 0.25) is 5.91 Å². The lowest BCUT2D eigenvalue weighted by molar-refractivity contribution is -0.133. The molecule has 0 saturated carbocycles. The average Bonchev–Trinajstić information content (AvgIpc) is 3.05. The number of rotatable bonds is 5. The number of amides is 4. The molecule has 1 aromatic heterocycles. The number of anilines is 1. The van der Waals surface area contributed by atoms with E-state index in [1.165, 1.54) is 18.6 Å². The van der Waals surface area contributed by atoms with Crippen molar-refractivity contribution in [2.24, 2.45) is 0 Å². The number of carbonyl (C=O) groups is 3. The first kappa shape index (κ1) is 24.7. The summed E-state index contributed by atoms with van der Waals surface area (Å²) in [5.74, 6) is -0.635. The Morgan fingerprint density at radius 2 is 1.91 bits per heavy atom. The molecule has 4 amide bonds. The second-order valence-electron chi connectivity index (χ2n) is 7.91. The standard InChI is InChI=1S/C21H22Cl2N6O3.CH4/c1-13-12-28(6-7-29(13)16-9-14(22)8-15(23)10-16)18(30)2-3-21(17-11-24-4-5-25-17)19(31)26-20(32)27-21;/h4-5,8-11,13H,2-3,6-7,12H2,1H3,(H2,26,27,31,32);1H4/t13-,21?;/m0./s1. The third-order valence-electron chi connectivity index (χ3n) is 5.82. The molecular formula is C22H26Cl2N6O3. The van der Waals surface area contributed by atoms with Crippen molar-refractivity contribution in [3.05, 3.63) is 52.5 Å². The maximum Gasteiger partial charge on any atom is 0.322 e. The molecule has 2 atom stereocenters. The Balaban J connectivity index is 0.00000306. The zero-order chi connectivity index (χ0) is 22.9. The molecule has 2 fully saturated rings. The number of piperazine rings is 1. The Hall–Kier alpha value is -2.91. The van der Waals surface area contributed by atoms with Gasteiger partial charge in [-0.3, -0.25) is 24.9 Å². The summed E-state index contributed by atoms with van der Waals surface area (Å²) >= 11 is 12.3. The van der Waals surface area contributed by atoms with Gasteiger partial charge >= 0.3 is 6.03 Å². The summed E-state index contributed by atoms with van der Waals surface area (Å²) in [7, 11) is 0. The number of carbonyl (C=O) groups excluding carboxylic acids is 3. The molecule has 4 rings (SSSR count). The predicted octanol–water partition coefficient (Wildman–Crippen LogP) is 2.97.